The number of imidazole rings is 1. The number of anilines is 1. The number of hydrogen-bond donors (Lipinski definition) is 1. The van der Waals surface area contributed by atoms with Gasteiger partial charge in [0.1, 0.15) is 18.2 Å². The van der Waals surface area contributed by atoms with Crippen LogP contribution in [-0.2, 0) is 39.1 Å². The minimum absolute atomic E-state index is 0.208. The molecule has 0 unspecified atom stereocenters. The molecule has 5 aromatic rings. The Hall–Kier alpha value is -4.15. The first-order chi connectivity index (χ1) is 23.6. The van der Waals surface area contributed by atoms with Gasteiger partial charge in [-0.1, -0.05) is 54.6 Å². The molecule has 0 radical (unpaired) electrons. The summed E-state index contributed by atoms with van der Waals surface area (Å²) in [5.74, 6) is 1.21. The van der Waals surface area contributed by atoms with Crippen LogP contribution < -0.4 is 9.64 Å². The van der Waals surface area contributed by atoms with Crippen LogP contribution in [0.3, 0.4) is 0 Å². The summed E-state index contributed by atoms with van der Waals surface area (Å²) in [6.07, 6.45) is -4.20. The highest BCUT2D eigenvalue weighted by Gasteiger charge is 2.31. The molecule has 1 aliphatic rings. The second kappa shape index (κ2) is 15.2. The average Bonchev–Trinajstić information content (AvgIpc) is 3.52. The second-order valence-corrected chi connectivity index (χ2v) is 14.0. The van der Waals surface area contributed by atoms with Crippen molar-refractivity contribution < 1.29 is 31.5 Å². The number of aromatic amines is 1. The summed E-state index contributed by atoms with van der Waals surface area (Å²) < 4.78 is 70.0. The summed E-state index contributed by atoms with van der Waals surface area (Å²) in [5, 5.41) is 0. The maximum atomic E-state index is 13.2. The minimum atomic E-state index is -4.41. The third kappa shape index (κ3) is 8.72. The van der Waals surface area contributed by atoms with Crippen molar-refractivity contribution >= 4 is 24.3 Å². The molecule has 258 valence electrons. The Bertz CT molecular complexity index is 1910. The second-order valence-electron chi connectivity index (χ2n) is 12.0. The smallest absolute Gasteiger partial charge is 0.416 e. The van der Waals surface area contributed by atoms with Crippen LogP contribution in [0.15, 0.2) is 91.0 Å². The summed E-state index contributed by atoms with van der Waals surface area (Å²) in [6.45, 7) is 8.72. The lowest BCUT2D eigenvalue weighted by Gasteiger charge is -2.36. The molecule has 8 nitrogen and oxygen atoms in total. The number of fused-ring (bicyclic) bond motifs is 1. The van der Waals surface area contributed by atoms with Crippen molar-refractivity contribution in [3.8, 4) is 17.1 Å². The highest BCUT2D eigenvalue weighted by molar-refractivity contribution is 7.53. The molecule has 1 N–H and O–H groups in total. The SMILES string of the molecule is CCOP(=O)(Cc1cccc(COc2ccccc2N2CCN(Cc3ccc4nc(-c5cccc(C(F)(F)F)c5)[nH]c4c3)CC2)c1)OCC. The van der Waals surface area contributed by atoms with Gasteiger partial charge in [0.15, 0.2) is 0 Å². The van der Waals surface area contributed by atoms with Gasteiger partial charge >= 0.3 is 13.8 Å². The maximum absolute atomic E-state index is 13.2. The number of nitrogens with one attached hydrogen (secondary N) is 1. The minimum Gasteiger partial charge on any atom is -0.487 e. The molecular weight excluding hydrogens is 652 g/mol. The zero-order valence-corrected chi connectivity index (χ0v) is 28.5. The lowest BCUT2D eigenvalue weighted by atomic mass is 10.1. The third-order valence-corrected chi connectivity index (χ3v) is 10.5. The number of ether oxygens (including phenoxy) is 1. The first kappa shape index (κ1) is 34.7. The highest BCUT2D eigenvalue weighted by atomic mass is 31.2. The van der Waals surface area contributed by atoms with E-state index in [1.165, 1.54) is 6.07 Å². The molecule has 0 aliphatic carbocycles. The van der Waals surface area contributed by atoms with Gasteiger partial charge in [-0.25, -0.2) is 4.98 Å². The van der Waals surface area contributed by atoms with E-state index in [9.17, 15) is 17.7 Å². The molecule has 6 rings (SSSR count). The van der Waals surface area contributed by atoms with Crippen LogP contribution in [0.25, 0.3) is 22.4 Å². The van der Waals surface area contributed by atoms with Crippen LogP contribution in [0, 0.1) is 0 Å². The van der Waals surface area contributed by atoms with Crippen LogP contribution in [0.1, 0.15) is 36.1 Å². The fourth-order valence-electron chi connectivity index (χ4n) is 6.10. The zero-order chi connectivity index (χ0) is 34.4. The molecule has 0 spiro atoms. The van der Waals surface area contributed by atoms with Crippen molar-refractivity contribution in [3.05, 3.63) is 113 Å². The van der Waals surface area contributed by atoms with E-state index in [0.717, 1.165) is 78.5 Å². The fourth-order valence-corrected chi connectivity index (χ4v) is 7.79. The standard InChI is InChI=1S/C37H40F3N4O4P/c1-3-47-49(45,48-4-2)26-29-10-7-9-28(21-29)25-46-35-14-6-5-13-34(35)44-19-17-43(18-20-44)24-27-15-16-32-33(22-27)42-36(41-32)30-11-8-12-31(23-30)37(38,39)40/h5-16,21-23H,3-4,17-20,24-26H2,1-2H3,(H,41,42). The summed E-state index contributed by atoms with van der Waals surface area (Å²) >= 11 is 0. The highest BCUT2D eigenvalue weighted by Crippen LogP contribution is 2.51. The Balaban J connectivity index is 1.06. The van der Waals surface area contributed by atoms with E-state index in [1.807, 2.05) is 60.7 Å². The van der Waals surface area contributed by atoms with Gasteiger partial charge in [-0.2, -0.15) is 13.2 Å². The van der Waals surface area contributed by atoms with Crippen LogP contribution in [0.5, 0.6) is 5.75 Å². The molecule has 0 atom stereocenters. The van der Waals surface area contributed by atoms with Crippen LogP contribution in [-0.4, -0.2) is 54.3 Å². The molecule has 1 aliphatic heterocycles. The van der Waals surface area contributed by atoms with E-state index in [1.54, 1.807) is 19.9 Å². The van der Waals surface area contributed by atoms with Crippen LogP contribution >= 0.6 is 7.60 Å². The van der Waals surface area contributed by atoms with E-state index in [0.29, 0.717) is 36.7 Å². The van der Waals surface area contributed by atoms with Crippen molar-refractivity contribution in [2.24, 2.45) is 0 Å². The predicted octanol–water partition coefficient (Wildman–Crippen LogP) is 8.92. The van der Waals surface area contributed by atoms with Gasteiger partial charge in [-0.15, -0.1) is 0 Å². The molecule has 1 fully saturated rings. The lowest BCUT2D eigenvalue weighted by molar-refractivity contribution is -0.137. The van der Waals surface area contributed by atoms with Gasteiger partial charge in [0.2, 0.25) is 0 Å². The van der Waals surface area contributed by atoms with E-state index in [-0.39, 0.29) is 6.16 Å². The topological polar surface area (TPSA) is 79.9 Å². The number of piperazine rings is 1. The molecule has 0 amide bonds. The van der Waals surface area contributed by atoms with Gasteiger partial charge in [-0.05, 0) is 66.9 Å². The van der Waals surface area contributed by atoms with Crippen molar-refractivity contribution in [2.75, 3.05) is 44.3 Å². The zero-order valence-electron chi connectivity index (χ0n) is 27.6. The first-order valence-corrected chi connectivity index (χ1v) is 18.2. The molecule has 12 heteroatoms. The molecular formula is C37H40F3N4O4P. The van der Waals surface area contributed by atoms with E-state index in [2.05, 4.69) is 25.8 Å². The molecule has 49 heavy (non-hydrogen) atoms. The number of benzene rings is 4. The molecule has 1 aromatic heterocycles. The number of nitrogens with zero attached hydrogens (tertiary/aromatic N) is 3. The summed E-state index contributed by atoms with van der Waals surface area (Å²) in [4.78, 5) is 12.5. The Morgan fingerprint density at radius 1 is 0.816 bits per heavy atom. The van der Waals surface area contributed by atoms with E-state index >= 15 is 0 Å². The van der Waals surface area contributed by atoms with Gasteiger partial charge in [-0.3, -0.25) is 9.46 Å². The number of H-pyrrole nitrogens is 1. The van der Waals surface area contributed by atoms with Gasteiger partial charge in [0, 0.05) is 38.3 Å². The Labute approximate surface area is 284 Å². The van der Waals surface area contributed by atoms with Crippen molar-refractivity contribution in [3.63, 3.8) is 0 Å². The number of hydrogen-bond acceptors (Lipinski definition) is 7. The molecule has 4 aromatic carbocycles. The molecule has 0 saturated carbocycles. The van der Waals surface area contributed by atoms with Gasteiger partial charge in [0.05, 0.1) is 41.7 Å². The largest absolute Gasteiger partial charge is 0.487 e. The van der Waals surface area contributed by atoms with Crippen molar-refractivity contribution in [2.45, 2.75) is 39.3 Å². The third-order valence-electron chi connectivity index (χ3n) is 8.41. The van der Waals surface area contributed by atoms with E-state index < -0.39 is 19.3 Å². The van der Waals surface area contributed by atoms with Gasteiger partial charge < -0.3 is 23.7 Å². The van der Waals surface area contributed by atoms with Crippen molar-refractivity contribution in [1.82, 2.24) is 14.9 Å². The monoisotopic (exact) mass is 692 g/mol. The van der Waals surface area contributed by atoms with Crippen LogP contribution in [0.4, 0.5) is 18.9 Å². The number of para-hydroxylation sites is 2. The predicted molar refractivity (Wildman–Crippen MR) is 186 cm³/mol. The summed E-state index contributed by atoms with van der Waals surface area (Å²) in [7, 11) is -3.21. The molecule has 0 bridgehead atoms. The number of aromatic nitrogens is 2. The Kier molecular flexibility index (Phi) is 10.7. The lowest BCUT2D eigenvalue weighted by Crippen LogP contribution is -2.46. The van der Waals surface area contributed by atoms with Crippen LogP contribution in [0.2, 0.25) is 0 Å². The number of rotatable bonds is 13. The maximum Gasteiger partial charge on any atom is 0.416 e. The summed E-state index contributed by atoms with van der Waals surface area (Å²) in [5.41, 5.74) is 5.18. The normalized spacial score (nSPS) is 14.4. The Morgan fingerprint density at radius 2 is 1.55 bits per heavy atom. The molecule has 2 heterocycles. The van der Waals surface area contributed by atoms with Crippen molar-refractivity contribution in [1.29, 1.82) is 0 Å². The van der Waals surface area contributed by atoms with E-state index in [4.69, 9.17) is 13.8 Å². The average molecular weight is 693 g/mol. The number of halogens is 3. The quantitative estimate of drug-likeness (QED) is 0.124. The first-order valence-electron chi connectivity index (χ1n) is 16.4. The summed E-state index contributed by atoms with van der Waals surface area (Å²) in [6, 6.07) is 27.0. The Morgan fingerprint density at radius 3 is 2.31 bits per heavy atom. The fraction of sp³-hybridized carbons (Fsp3) is 0.324. The van der Waals surface area contributed by atoms with Gasteiger partial charge in [0.25, 0.3) is 0 Å². The number of alkyl halides is 3. The molecule has 1 saturated heterocycles.